The average Bonchev–Trinajstić information content (AvgIpc) is 3.20. The molecule has 3 rings (SSSR count). The first-order valence-electron chi connectivity index (χ1n) is 9.49. The Morgan fingerprint density at radius 1 is 1.16 bits per heavy atom. The van der Waals surface area contributed by atoms with Crippen molar-refractivity contribution in [3.8, 4) is 5.75 Å². The Morgan fingerprint density at radius 3 is 2.59 bits per heavy atom. The van der Waals surface area contributed by atoms with Gasteiger partial charge in [0.15, 0.2) is 9.34 Å². The van der Waals surface area contributed by atoms with E-state index in [1.165, 1.54) is 13.1 Å². The Hall–Kier alpha value is -3.29. The van der Waals surface area contributed by atoms with Crippen molar-refractivity contribution >= 4 is 49.9 Å². The van der Waals surface area contributed by atoms with Crippen molar-refractivity contribution in [2.24, 2.45) is 0 Å². The van der Waals surface area contributed by atoms with Gasteiger partial charge in [-0.1, -0.05) is 11.3 Å². The van der Waals surface area contributed by atoms with Crippen LogP contribution in [0.3, 0.4) is 0 Å². The first-order chi connectivity index (χ1) is 15.2. The lowest BCUT2D eigenvalue weighted by Crippen LogP contribution is -2.28. The highest BCUT2D eigenvalue weighted by Gasteiger charge is 2.17. The predicted molar refractivity (Wildman–Crippen MR) is 123 cm³/mol. The molecule has 2 aromatic heterocycles. The van der Waals surface area contributed by atoms with Gasteiger partial charge in [-0.2, -0.15) is 4.98 Å². The summed E-state index contributed by atoms with van der Waals surface area (Å²) in [6, 6.07) is 9.21. The maximum Gasteiger partial charge on any atom is 0.251 e. The molecule has 0 bridgehead atoms. The van der Waals surface area contributed by atoms with E-state index < -0.39 is 10.0 Å². The van der Waals surface area contributed by atoms with Gasteiger partial charge in [-0.05, 0) is 31.2 Å². The standard InChI is InChI=1S/C19H23N7O4S2/c1-12-10-16(25-14-4-6-15(30-3)7-5-14)26-18(23-12)20-8-9-22-32(28,29)17-11-21-19(31-17)24-13(2)27/h4-7,10-11,22H,8-9H2,1-3H3,(H,21,24,27)(H2,20,23,25,26). The van der Waals surface area contributed by atoms with Crippen molar-refractivity contribution in [1.29, 1.82) is 0 Å². The van der Waals surface area contributed by atoms with Gasteiger partial charge in [-0.15, -0.1) is 0 Å². The molecule has 0 saturated heterocycles. The molecular weight excluding hydrogens is 454 g/mol. The normalized spacial score (nSPS) is 11.1. The van der Waals surface area contributed by atoms with Crippen LogP contribution in [0.25, 0.3) is 0 Å². The Balaban J connectivity index is 1.55. The smallest absolute Gasteiger partial charge is 0.251 e. The third-order valence-electron chi connectivity index (χ3n) is 3.95. The summed E-state index contributed by atoms with van der Waals surface area (Å²) in [6.07, 6.45) is 1.20. The second kappa shape index (κ2) is 10.3. The number of carbonyl (C=O) groups is 1. The number of anilines is 4. The molecule has 3 aromatic rings. The molecule has 0 unspecified atom stereocenters. The van der Waals surface area contributed by atoms with Gasteiger partial charge in [0.05, 0.1) is 13.3 Å². The van der Waals surface area contributed by atoms with Crippen molar-refractivity contribution in [3.63, 3.8) is 0 Å². The van der Waals surface area contributed by atoms with E-state index in [2.05, 4.69) is 35.6 Å². The number of rotatable bonds is 10. The maximum absolute atomic E-state index is 12.4. The summed E-state index contributed by atoms with van der Waals surface area (Å²) in [4.78, 5) is 23.7. The van der Waals surface area contributed by atoms with Crippen LogP contribution in [0.2, 0.25) is 0 Å². The van der Waals surface area contributed by atoms with Crippen LogP contribution in [0.1, 0.15) is 12.6 Å². The zero-order valence-electron chi connectivity index (χ0n) is 17.7. The fourth-order valence-electron chi connectivity index (χ4n) is 2.56. The molecule has 0 spiro atoms. The molecule has 0 radical (unpaired) electrons. The summed E-state index contributed by atoms with van der Waals surface area (Å²) in [6.45, 7) is 3.53. The van der Waals surface area contributed by atoms with Crippen LogP contribution >= 0.6 is 11.3 Å². The highest BCUT2D eigenvalue weighted by Crippen LogP contribution is 2.22. The molecule has 0 aliphatic carbocycles. The first-order valence-corrected chi connectivity index (χ1v) is 11.8. The Bertz CT molecular complexity index is 1180. The molecule has 170 valence electrons. The number of nitrogens with zero attached hydrogens (tertiary/aromatic N) is 3. The van der Waals surface area contributed by atoms with Crippen LogP contribution in [0, 0.1) is 6.92 Å². The van der Waals surface area contributed by atoms with Crippen molar-refractivity contribution < 1.29 is 17.9 Å². The van der Waals surface area contributed by atoms with E-state index in [1.807, 2.05) is 31.2 Å². The Kier molecular flexibility index (Phi) is 7.56. The van der Waals surface area contributed by atoms with Crippen LogP contribution < -0.4 is 25.4 Å². The van der Waals surface area contributed by atoms with E-state index in [0.29, 0.717) is 11.8 Å². The van der Waals surface area contributed by atoms with Gasteiger partial charge in [0.1, 0.15) is 11.6 Å². The zero-order chi connectivity index (χ0) is 23.1. The van der Waals surface area contributed by atoms with E-state index in [0.717, 1.165) is 28.5 Å². The van der Waals surface area contributed by atoms with Crippen molar-refractivity contribution in [1.82, 2.24) is 19.7 Å². The van der Waals surface area contributed by atoms with Gasteiger partial charge in [0.2, 0.25) is 11.9 Å². The number of hydrogen-bond acceptors (Lipinski definition) is 10. The molecule has 13 heteroatoms. The summed E-state index contributed by atoms with van der Waals surface area (Å²) >= 11 is 0.875. The van der Waals surface area contributed by atoms with E-state index in [-0.39, 0.29) is 28.3 Å². The van der Waals surface area contributed by atoms with Gasteiger partial charge in [-0.3, -0.25) is 4.79 Å². The molecule has 11 nitrogen and oxygen atoms in total. The lowest BCUT2D eigenvalue weighted by atomic mass is 10.3. The minimum absolute atomic E-state index is 0.0130. The number of nitrogens with one attached hydrogen (secondary N) is 4. The number of ether oxygens (including phenoxy) is 1. The van der Waals surface area contributed by atoms with Gasteiger partial charge >= 0.3 is 0 Å². The number of amides is 1. The third kappa shape index (κ3) is 6.60. The number of sulfonamides is 1. The first kappa shape index (κ1) is 23.4. The Labute approximate surface area is 189 Å². The number of carbonyl (C=O) groups excluding carboxylic acids is 1. The summed E-state index contributed by atoms with van der Waals surface area (Å²) in [5.41, 5.74) is 1.58. The molecule has 0 saturated carbocycles. The third-order valence-corrected chi connectivity index (χ3v) is 6.78. The van der Waals surface area contributed by atoms with Crippen LogP contribution in [0.4, 0.5) is 22.6 Å². The molecule has 32 heavy (non-hydrogen) atoms. The van der Waals surface area contributed by atoms with Crippen LogP contribution in [0.15, 0.2) is 40.7 Å². The topological polar surface area (TPSA) is 147 Å². The second-order valence-corrected chi connectivity index (χ2v) is 9.59. The minimum atomic E-state index is -3.74. The Morgan fingerprint density at radius 2 is 1.91 bits per heavy atom. The maximum atomic E-state index is 12.4. The lowest BCUT2D eigenvalue weighted by Gasteiger charge is -2.11. The largest absolute Gasteiger partial charge is 0.497 e. The monoisotopic (exact) mass is 477 g/mol. The zero-order valence-corrected chi connectivity index (χ0v) is 19.3. The molecule has 0 fully saturated rings. The molecule has 0 aliphatic heterocycles. The van der Waals surface area contributed by atoms with E-state index in [4.69, 9.17) is 4.74 Å². The molecule has 1 amide bonds. The predicted octanol–water partition coefficient (Wildman–Crippen LogP) is 2.34. The van der Waals surface area contributed by atoms with Gasteiger partial charge in [0, 0.05) is 37.5 Å². The lowest BCUT2D eigenvalue weighted by molar-refractivity contribution is -0.114. The van der Waals surface area contributed by atoms with Crippen molar-refractivity contribution in [3.05, 3.63) is 42.2 Å². The molecule has 4 N–H and O–H groups in total. The average molecular weight is 478 g/mol. The molecule has 0 atom stereocenters. The van der Waals surface area contributed by atoms with Crippen molar-refractivity contribution in [2.75, 3.05) is 36.1 Å². The molecule has 2 heterocycles. The highest BCUT2D eigenvalue weighted by molar-refractivity contribution is 7.91. The van der Waals surface area contributed by atoms with Gasteiger partial charge in [-0.25, -0.2) is 23.1 Å². The quantitative estimate of drug-likeness (QED) is 0.323. The van der Waals surface area contributed by atoms with Crippen LogP contribution in [-0.2, 0) is 14.8 Å². The molecule has 0 aliphatic rings. The van der Waals surface area contributed by atoms with Crippen LogP contribution in [0.5, 0.6) is 5.75 Å². The molecule has 1 aromatic carbocycles. The van der Waals surface area contributed by atoms with Crippen molar-refractivity contribution in [2.45, 2.75) is 18.1 Å². The number of aromatic nitrogens is 3. The fraction of sp³-hybridized carbons (Fsp3) is 0.263. The number of thiazole rings is 1. The summed E-state index contributed by atoms with van der Waals surface area (Å²) in [5, 5.41) is 8.88. The highest BCUT2D eigenvalue weighted by atomic mass is 32.2. The molecular formula is C19H23N7O4S2. The van der Waals surface area contributed by atoms with Gasteiger partial charge < -0.3 is 20.7 Å². The summed E-state index contributed by atoms with van der Waals surface area (Å²) in [7, 11) is -2.14. The fourth-order valence-corrected chi connectivity index (χ4v) is 4.71. The summed E-state index contributed by atoms with van der Waals surface area (Å²) in [5.74, 6) is 1.40. The summed E-state index contributed by atoms with van der Waals surface area (Å²) < 4.78 is 32.4. The second-order valence-electron chi connectivity index (χ2n) is 6.56. The van der Waals surface area contributed by atoms with Crippen LogP contribution in [-0.4, -0.2) is 49.5 Å². The SMILES string of the molecule is COc1ccc(Nc2cc(C)nc(NCCNS(=O)(=O)c3cnc(NC(C)=O)s3)n2)cc1. The number of hydrogen-bond donors (Lipinski definition) is 4. The number of methoxy groups -OCH3 is 1. The minimum Gasteiger partial charge on any atom is -0.497 e. The van der Waals surface area contributed by atoms with E-state index in [1.54, 1.807) is 13.2 Å². The van der Waals surface area contributed by atoms with E-state index in [9.17, 15) is 13.2 Å². The number of aryl methyl sites for hydroxylation is 1. The van der Waals surface area contributed by atoms with Gasteiger partial charge in [0.25, 0.3) is 10.0 Å². The van der Waals surface area contributed by atoms with E-state index >= 15 is 0 Å². The number of benzene rings is 1.